The van der Waals surface area contributed by atoms with E-state index in [1.54, 1.807) is 30.1 Å². The molecule has 3 rings (SSSR count). The number of likely N-dealkylation sites (N-methyl/N-ethyl adjacent to an activating group) is 1. The number of hydrogen-bond donors (Lipinski definition) is 1. The quantitative estimate of drug-likeness (QED) is 0.732. The van der Waals surface area contributed by atoms with Crippen LogP contribution < -0.4 is 5.32 Å². The Kier molecular flexibility index (Phi) is 5.71. The standard InChI is InChI=1S/C22H23N3O2/c1-17-8-10-18(11-9-17)21(26)23-12-15-24(2)22(27)19-6-5-7-20(16-19)25-13-3-4-14-25/h3-11,13-14,16H,12,15H2,1-2H3,(H,23,26). The van der Waals surface area contributed by atoms with Crippen LogP contribution in [0.15, 0.2) is 73.1 Å². The van der Waals surface area contributed by atoms with Gasteiger partial charge in [-0.05, 0) is 49.4 Å². The summed E-state index contributed by atoms with van der Waals surface area (Å²) in [6.07, 6.45) is 3.88. The minimum Gasteiger partial charge on any atom is -0.350 e. The number of amides is 2. The zero-order chi connectivity index (χ0) is 19.2. The van der Waals surface area contributed by atoms with E-state index in [1.807, 2.05) is 66.3 Å². The van der Waals surface area contributed by atoms with Gasteiger partial charge in [0.05, 0.1) is 0 Å². The van der Waals surface area contributed by atoms with E-state index in [2.05, 4.69) is 5.32 Å². The first-order chi connectivity index (χ1) is 13.0. The summed E-state index contributed by atoms with van der Waals surface area (Å²) in [4.78, 5) is 26.4. The summed E-state index contributed by atoms with van der Waals surface area (Å²) in [7, 11) is 1.74. The van der Waals surface area contributed by atoms with Crippen LogP contribution >= 0.6 is 0 Å². The van der Waals surface area contributed by atoms with Gasteiger partial charge in [-0.15, -0.1) is 0 Å². The first kappa shape index (κ1) is 18.5. The van der Waals surface area contributed by atoms with Gasteiger partial charge >= 0.3 is 0 Å². The van der Waals surface area contributed by atoms with Crippen molar-refractivity contribution in [3.8, 4) is 5.69 Å². The van der Waals surface area contributed by atoms with Gasteiger partial charge in [0.2, 0.25) is 0 Å². The van der Waals surface area contributed by atoms with Gasteiger partial charge < -0.3 is 14.8 Å². The van der Waals surface area contributed by atoms with Crippen molar-refractivity contribution < 1.29 is 9.59 Å². The highest BCUT2D eigenvalue weighted by molar-refractivity contribution is 5.95. The van der Waals surface area contributed by atoms with Crippen LogP contribution in [0.2, 0.25) is 0 Å². The van der Waals surface area contributed by atoms with Crippen LogP contribution in [0.1, 0.15) is 26.3 Å². The Morgan fingerprint density at radius 3 is 2.37 bits per heavy atom. The molecule has 5 heteroatoms. The summed E-state index contributed by atoms with van der Waals surface area (Å²) in [5.74, 6) is -0.209. The molecule has 0 spiro atoms. The molecule has 2 amide bonds. The molecule has 0 saturated carbocycles. The molecule has 0 radical (unpaired) electrons. The van der Waals surface area contributed by atoms with E-state index in [9.17, 15) is 9.59 Å². The van der Waals surface area contributed by atoms with Crippen LogP contribution in [0.4, 0.5) is 0 Å². The average molecular weight is 361 g/mol. The van der Waals surface area contributed by atoms with Crippen LogP contribution in [-0.4, -0.2) is 41.4 Å². The van der Waals surface area contributed by atoms with Crippen molar-refractivity contribution in [1.29, 1.82) is 0 Å². The Hall–Kier alpha value is -3.34. The predicted octanol–water partition coefficient (Wildman–Crippen LogP) is 3.29. The molecule has 0 aliphatic heterocycles. The Morgan fingerprint density at radius 2 is 1.67 bits per heavy atom. The van der Waals surface area contributed by atoms with Gasteiger partial charge in [-0.3, -0.25) is 9.59 Å². The van der Waals surface area contributed by atoms with Gasteiger partial charge in [-0.25, -0.2) is 0 Å². The predicted molar refractivity (Wildman–Crippen MR) is 106 cm³/mol. The third-order valence-corrected chi connectivity index (χ3v) is 4.39. The van der Waals surface area contributed by atoms with Gasteiger partial charge in [0.15, 0.2) is 0 Å². The Labute approximate surface area is 159 Å². The first-order valence-electron chi connectivity index (χ1n) is 8.88. The summed E-state index contributed by atoms with van der Waals surface area (Å²) in [6.45, 7) is 2.81. The summed E-state index contributed by atoms with van der Waals surface area (Å²) in [5.41, 5.74) is 3.29. The Balaban J connectivity index is 1.56. The maximum absolute atomic E-state index is 12.7. The zero-order valence-corrected chi connectivity index (χ0v) is 15.6. The number of benzene rings is 2. The molecule has 0 aliphatic rings. The number of carbonyl (C=O) groups is 2. The summed E-state index contributed by atoms with van der Waals surface area (Å²) >= 11 is 0. The van der Waals surface area contributed by atoms with Crippen molar-refractivity contribution in [1.82, 2.24) is 14.8 Å². The lowest BCUT2D eigenvalue weighted by atomic mass is 10.1. The number of hydrogen-bond acceptors (Lipinski definition) is 2. The van der Waals surface area contributed by atoms with E-state index in [0.29, 0.717) is 24.2 Å². The molecule has 5 nitrogen and oxygen atoms in total. The van der Waals surface area contributed by atoms with E-state index in [1.165, 1.54) is 0 Å². The van der Waals surface area contributed by atoms with Crippen LogP contribution in [0.25, 0.3) is 5.69 Å². The highest BCUT2D eigenvalue weighted by atomic mass is 16.2. The van der Waals surface area contributed by atoms with Crippen molar-refractivity contribution in [3.63, 3.8) is 0 Å². The zero-order valence-electron chi connectivity index (χ0n) is 15.6. The SMILES string of the molecule is Cc1ccc(C(=O)NCCN(C)C(=O)c2cccc(-n3cccc3)c2)cc1. The molecule has 0 unspecified atom stereocenters. The molecule has 0 fully saturated rings. The van der Waals surface area contributed by atoms with Crippen molar-refractivity contribution in [2.45, 2.75) is 6.92 Å². The van der Waals surface area contributed by atoms with E-state index < -0.39 is 0 Å². The van der Waals surface area contributed by atoms with E-state index in [-0.39, 0.29) is 11.8 Å². The molecule has 1 aromatic heterocycles. The number of nitrogens with one attached hydrogen (secondary N) is 1. The Morgan fingerprint density at radius 1 is 0.963 bits per heavy atom. The lowest BCUT2D eigenvalue weighted by Crippen LogP contribution is -2.36. The molecule has 27 heavy (non-hydrogen) atoms. The molecule has 138 valence electrons. The van der Waals surface area contributed by atoms with E-state index >= 15 is 0 Å². The molecule has 1 N–H and O–H groups in total. The number of aromatic nitrogens is 1. The van der Waals surface area contributed by atoms with Gasteiger partial charge in [-0.1, -0.05) is 23.8 Å². The number of aryl methyl sites for hydroxylation is 1. The summed E-state index contributed by atoms with van der Waals surface area (Å²) in [5, 5.41) is 2.85. The second-order valence-electron chi connectivity index (χ2n) is 6.49. The van der Waals surface area contributed by atoms with Crippen molar-refractivity contribution in [2.24, 2.45) is 0 Å². The van der Waals surface area contributed by atoms with Gasteiger partial charge in [0, 0.05) is 49.3 Å². The number of nitrogens with zero attached hydrogens (tertiary/aromatic N) is 2. The van der Waals surface area contributed by atoms with E-state index in [0.717, 1.165) is 11.3 Å². The first-order valence-corrected chi connectivity index (χ1v) is 8.88. The highest BCUT2D eigenvalue weighted by Crippen LogP contribution is 2.12. The normalized spacial score (nSPS) is 10.4. The summed E-state index contributed by atoms with van der Waals surface area (Å²) < 4.78 is 1.96. The van der Waals surface area contributed by atoms with Crippen molar-refractivity contribution in [3.05, 3.63) is 89.7 Å². The van der Waals surface area contributed by atoms with Crippen LogP contribution in [0.3, 0.4) is 0 Å². The lowest BCUT2D eigenvalue weighted by Gasteiger charge is -2.18. The topological polar surface area (TPSA) is 54.3 Å². The third-order valence-electron chi connectivity index (χ3n) is 4.39. The fourth-order valence-electron chi connectivity index (χ4n) is 2.77. The minimum atomic E-state index is -0.134. The Bertz CT molecular complexity index is 915. The summed E-state index contributed by atoms with van der Waals surface area (Å²) in [6, 6.07) is 18.8. The smallest absolute Gasteiger partial charge is 0.253 e. The van der Waals surface area contributed by atoms with Gasteiger partial charge in [-0.2, -0.15) is 0 Å². The minimum absolute atomic E-state index is 0.0754. The monoisotopic (exact) mass is 361 g/mol. The molecule has 0 aliphatic carbocycles. The largest absolute Gasteiger partial charge is 0.350 e. The van der Waals surface area contributed by atoms with Crippen LogP contribution in [0.5, 0.6) is 0 Å². The molecule has 1 heterocycles. The third kappa shape index (κ3) is 4.64. The fourth-order valence-corrected chi connectivity index (χ4v) is 2.77. The van der Waals surface area contributed by atoms with Crippen molar-refractivity contribution in [2.75, 3.05) is 20.1 Å². The maximum atomic E-state index is 12.7. The average Bonchev–Trinajstić information content (AvgIpc) is 3.22. The fraction of sp³-hybridized carbons (Fsp3) is 0.182. The number of carbonyl (C=O) groups excluding carboxylic acids is 2. The molecular weight excluding hydrogens is 338 g/mol. The van der Waals surface area contributed by atoms with Gasteiger partial charge in [0.1, 0.15) is 0 Å². The number of rotatable bonds is 6. The van der Waals surface area contributed by atoms with Crippen molar-refractivity contribution >= 4 is 11.8 Å². The van der Waals surface area contributed by atoms with E-state index in [4.69, 9.17) is 0 Å². The molecular formula is C22H23N3O2. The molecule has 2 aromatic carbocycles. The van der Waals surface area contributed by atoms with Crippen LogP contribution in [-0.2, 0) is 0 Å². The van der Waals surface area contributed by atoms with Crippen LogP contribution in [0, 0.1) is 6.92 Å². The second-order valence-corrected chi connectivity index (χ2v) is 6.49. The molecule has 0 atom stereocenters. The molecule has 0 bridgehead atoms. The maximum Gasteiger partial charge on any atom is 0.253 e. The van der Waals surface area contributed by atoms with Gasteiger partial charge in [0.25, 0.3) is 11.8 Å². The molecule has 3 aromatic rings. The second kappa shape index (κ2) is 8.36. The highest BCUT2D eigenvalue weighted by Gasteiger charge is 2.13. The lowest BCUT2D eigenvalue weighted by molar-refractivity contribution is 0.0787. The molecule has 0 saturated heterocycles.